The van der Waals surface area contributed by atoms with E-state index in [0.29, 0.717) is 12.2 Å². The Balaban J connectivity index is 1.50. The van der Waals surface area contributed by atoms with Crippen LogP contribution in [0.5, 0.6) is 5.75 Å². The molecule has 30 heavy (non-hydrogen) atoms. The van der Waals surface area contributed by atoms with E-state index in [0.717, 1.165) is 23.8 Å². The second kappa shape index (κ2) is 11.9. The van der Waals surface area contributed by atoms with E-state index >= 15 is 0 Å². The number of hydrogen-bond acceptors (Lipinski definition) is 2. The molecule has 0 unspecified atom stereocenters. The molecule has 0 heterocycles. The summed E-state index contributed by atoms with van der Waals surface area (Å²) in [4.78, 5) is 11.6. The van der Waals surface area contributed by atoms with Crippen molar-refractivity contribution in [3.05, 3.63) is 54.1 Å². The topological polar surface area (TPSA) is 26.3 Å². The first-order chi connectivity index (χ1) is 14.7. The van der Waals surface area contributed by atoms with Crippen LogP contribution in [0.2, 0.25) is 0 Å². The van der Waals surface area contributed by atoms with Crippen molar-refractivity contribution in [1.29, 1.82) is 0 Å². The summed E-state index contributed by atoms with van der Waals surface area (Å²) in [6.07, 6.45) is 13.8. The van der Waals surface area contributed by atoms with Crippen molar-refractivity contribution in [3.8, 4) is 16.9 Å². The fourth-order valence-corrected chi connectivity index (χ4v) is 4.69. The van der Waals surface area contributed by atoms with Gasteiger partial charge in [0.05, 0.1) is 0 Å². The van der Waals surface area contributed by atoms with E-state index < -0.39 is 0 Å². The van der Waals surface area contributed by atoms with E-state index in [2.05, 4.69) is 31.2 Å². The largest absolute Gasteiger partial charge is 0.427 e. The lowest BCUT2D eigenvalue weighted by Gasteiger charge is -2.29. The first-order valence-corrected chi connectivity index (χ1v) is 12.1. The molecular weight excluding hydrogens is 368 g/mol. The SMILES string of the molecule is CCCCCCC1CCC(c2ccc(-c3ccc(OC(=O)CCC)cc3)cc2)CC1. The van der Waals surface area contributed by atoms with Crippen LogP contribution in [0.4, 0.5) is 0 Å². The summed E-state index contributed by atoms with van der Waals surface area (Å²) >= 11 is 0. The third-order valence-corrected chi connectivity index (χ3v) is 6.57. The maximum absolute atomic E-state index is 11.6. The Kier molecular flexibility index (Phi) is 8.99. The molecule has 2 nitrogen and oxygen atoms in total. The van der Waals surface area contributed by atoms with E-state index in [1.54, 1.807) is 0 Å². The molecule has 0 radical (unpaired) electrons. The van der Waals surface area contributed by atoms with Crippen molar-refractivity contribution in [1.82, 2.24) is 0 Å². The fourth-order valence-electron chi connectivity index (χ4n) is 4.69. The molecule has 1 fully saturated rings. The molecule has 2 aromatic rings. The normalized spacial score (nSPS) is 18.9. The zero-order chi connectivity index (χ0) is 21.2. The third kappa shape index (κ3) is 6.72. The summed E-state index contributed by atoms with van der Waals surface area (Å²) in [7, 11) is 0. The Labute approximate surface area is 183 Å². The summed E-state index contributed by atoms with van der Waals surface area (Å²) in [5.74, 6) is 2.15. The maximum Gasteiger partial charge on any atom is 0.311 e. The lowest BCUT2D eigenvalue weighted by molar-refractivity contribution is -0.134. The Morgan fingerprint density at radius 1 is 0.800 bits per heavy atom. The average Bonchev–Trinajstić information content (AvgIpc) is 2.78. The molecule has 0 amide bonds. The maximum atomic E-state index is 11.6. The van der Waals surface area contributed by atoms with Crippen molar-refractivity contribution in [3.63, 3.8) is 0 Å². The summed E-state index contributed by atoms with van der Waals surface area (Å²) in [5.41, 5.74) is 3.87. The highest BCUT2D eigenvalue weighted by molar-refractivity contribution is 5.73. The zero-order valence-corrected chi connectivity index (χ0v) is 18.9. The number of esters is 1. The molecule has 0 atom stereocenters. The summed E-state index contributed by atoms with van der Waals surface area (Å²) in [6.45, 7) is 4.27. The minimum Gasteiger partial charge on any atom is -0.427 e. The first kappa shape index (κ1) is 22.6. The first-order valence-electron chi connectivity index (χ1n) is 12.1. The highest BCUT2D eigenvalue weighted by Gasteiger charge is 2.22. The fraction of sp³-hybridized carbons (Fsp3) is 0.536. The molecule has 1 saturated carbocycles. The van der Waals surface area contributed by atoms with Crippen molar-refractivity contribution < 1.29 is 9.53 Å². The molecule has 0 bridgehead atoms. The van der Waals surface area contributed by atoms with Gasteiger partial charge in [-0.25, -0.2) is 0 Å². The van der Waals surface area contributed by atoms with E-state index in [1.807, 2.05) is 31.2 Å². The standard InChI is InChI=1S/C28H38O2/c1-3-5-6-7-9-22-10-12-23(13-11-22)24-14-16-25(17-15-24)26-18-20-27(21-19-26)30-28(29)8-4-2/h14-23H,3-13H2,1-2H3. The monoisotopic (exact) mass is 406 g/mol. The van der Waals surface area contributed by atoms with Gasteiger partial charge >= 0.3 is 5.97 Å². The van der Waals surface area contributed by atoms with Gasteiger partial charge in [0.1, 0.15) is 5.75 Å². The lowest BCUT2D eigenvalue weighted by atomic mass is 9.77. The molecule has 0 N–H and O–H groups in total. The Hall–Kier alpha value is -2.09. The van der Waals surface area contributed by atoms with Crippen LogP contribution in [-0.2, 0) is 4.79 Å². The molecule has 3 rings (SSSR count). The molecule has 0 aromatic heterocycles. The van der Waals surface area contributed by atoms with Crippen LogP contribution >= 0.6 is 0 Å². The van der Waals surface area contributed by atoms with Crippen molar-refractivity contribution in [2.75, 3.05) is 0 Å². The molecule has 2 heteroatoms. The number of unbranched alkanes of at least 4 members (excludes halogenated alkanes) is 3. The van der Waals surface area contributed by atoms with Gasteiger partial charge in [-0.2, -0.15) is 0 Å². The predicted octanol–water partition coefficient (Wildman–Crippen LogP) is 8.30. The molecule has 1 aliphatic carbocycles. The second-order valence-corrected chi connectivity index (χ2v) is 8.94. The van der Waals surface area contributed by atoms with Gasteiger partial charge in [-0.15, -0.1) is 0 Å². The Morgan fingerprint density at radius 2 is 1.43 bits per heavy atom. The second-order valence-electron chi connectivity index (χ2n) is 8.94. The number of carbonyl (C=O) groups excluding carboxylic acids is 1. The summed E-state index contributed by atoms with van der Waals surface area (Å²) in [5, 5.41) is 0. The van der Waals surface area contributed by atoms with Crippen molar-refractivity contribution in [2.45, 2.75) is 90.4 Å². The van der Waals surface area contributed by atoms with Gasteiger partial charge in [-0.3, -0.25) is 4.79 Å². The number of ether oxygens (including phenoxy) is 1. The van der Waals surface area contributed by atoms with Gasteiger partial charge in [0.2, 0.25) is 0 Å². The molecule has 0 aliphatic heterocycles. The van der Waals surface area contributed by atoms with Crippen LogP contribution in [0.1, 0.15) is 96.0 Å². The van der Waals surface area contributed by atoms with E-state index in [9.17, 15) is 4.79 Å². The van der Waals surface area contributed by atoms with Gasteiger partial charge < -0.3 is 4.74 Å². The summed E-state index contributed by atoms with van der Waals surface area (Å²) < 4.78 is 5.35. The van der Waals surface area contributed by atoms with Crippen LogP contribution in [-0.4, -0.2) is 5.97 Å². The molecule has 0 spiro atoms. The van der Waals surface area contributed by atoms with Gasteiger partial charge in [-0.1, -0.05) is 82.3 Å². The highest BCUT2D eigenvalue weighted by Crippen LogP contribution is 2.38. The van der Waals surface area contributed by atoms with Crippen LogP contribution in [0.25, 0.3) is 11.1 Å². The van der Waals surface area contributed by atoms with Gasteiger partial charge in [-0.05, 0) is 72.8 Å². The predicted molar refractivity (Wildman–Crippen MR) is 126 cm³/mol. The van der Waals surface area contributed by atoms with Crippen LogP contribution in [0.3, 0.4) is 0 Å². The van der Waals surface area contributed by atoms with Crippen LogP contribution in [0, 0.1) is 5.92 Å². The van der Waals surface area contributed by atoms with Crippen LogP contribution in [0.15, 0.2) is 48.5 Å². The Morgan fingerprint density at radius 3 is 2.03 bits per heavy atom. The average molecular weight is 407 g/mol. The highest BCUT2D eigenvalue weighted by atomic mass is 16.5. The van der Waals surface area contributed by atoms with Gasteiger partial charge in [0.25, 0.3) is 0 Å². The number of benzene rings is 2. The third-order valence-electron chi connectivity index (χ3n) is 6.57. The van der Waals surface area contributed by atoms with E-state index in [4.69, 9.17) is 4.74 Å². The molecule has 1 aliphatic rings. The van der Waals surface area contributed by atoms with Crippen molar-refractivity contribution >= 4 is 5.97 Å². The Bertz CT molecular complexity index is 752. The molecular formula is C28H38O2. The number of carbonyl (C=O) groups is 1. The minimum absolute atomic E-state index is 0.162. The van der Waals surface area contributed by atoms with Crippen molar-refractivity contribution in [2.24, 2.45) is 5.92 Å². The molecule has 162 valence electrons. The minimum atomic E-state index is -0.162. The molecule has 0 saturated heterocycles. The molecule has 2 aromatic carbocycles. The van der Waals surface area contributed by atoms with E-state index in [-0.39, 0.29) is 5.97 Å². The zero-order valence-electron chi connectivity index (χ0n) is 18.9. The van der Waals surface area contributed by atoms with Crippen LogP contribution < -0.4 is 4.74 Å². The number of rotatable bonds is 10. The quantitative estimate of drug-likeness (QED) is 0.225. The van der Waals surface area contributed by atoms with Gasteiger partial charge in [0.15, 0.2) is 0 Å². The smallest absolute Gasteiger partial charge is 0.311 e. The lowest BCUT2D eigenvalue weighted by Crippen LogP contribution is -2.13. The van der Waals surface area contributed by atoms with Gasteiger partial charge in [0, 0.05) is 6.42 Å². The number of hydrogen-bond donors (Lipinski definition) is 0. The summed E-state index contributed by atoms with van der Waals surface area (Å²) in [6, 6.07) is 17.0. The van der Waals surface area contributed by atoms with E-state index in [1.165, 1.54) is 68.9 Å².